The van der Waals surface area contributed by atoms with Gasteiger partial charge < -0.3 is 15.2 Å². The van der Waals surface area contributed by atoms with Crippen LogP contribution in [-0.4, -0.2) is 36.2 Å². The SMILES string of the molecule is O=C(O)COCC(=O)NC(=O)NCc1ccsc1. The van der Waals surface area contributed by atoms with Crippen molar-refractivity contribution in [2.45, 2.75) is 6.54 Å². The third-order valence-electron chi connectivity index (χ3n) is 1.74. The lowest BCUT2D eigenvalue weighted by Crippen LogP contribution is -2.41. The Labute approximate surface area is 107 Å². The van der Waals surface area contributed by atoms with Gasteiger partial charge in [0.05, 0.1) is 0 Å². The van der Waals surface area contributed by atoms with Crippen molar-refractivity contribution in [3.05, 3.63) is 22.4 Å². The van der Waals surface area contributed by atoms with E-state index in [1.165, 1.54) is 11.3 Å². The zero-order valence-corrected chi connectivity index (χ0v) is 10.2. The number of imide groups is 1. The highest BCUT2D eigenvalue weighted by atomic mass is 32.1. The zero-order chi connectivity index (χ0) is 13.4. The number of aliphatic carboxylic acids is 1. The molecule has 0 aliphatic carbocycles. The van der Waals surface area contributed by atoms with E-state index in [-0.39, 0.29) is 0 Å². The monoisotopic (exact) mass is 272 g/mol. The van der Waals surface area contributed by atoms with Gasteiger partial charge in [-0.25, -0.2) is 9.59 Å². The number of rotatable bonds is 6. The van der Waals surface area contributed by atoms with E-state index >= 15 is 0 Å². The first-order valence-electron chi connectivity index (χ1n) is 4.96. The summed E-state index contributed by atoms with van der Waals surface area (Å²) in [6.45, 7) is -0.735. The van der Waals surface area contributed by atoms with Crippen LogP contribution in [0.3, 0.4) is 0 Å². The molecule has 0 bridgehead atoms. The molecule has 98 valence electrons. The van der Waals surface area contributed by atoms with Crippen molar-refractivity contribution < 1.29 is 24.2 Å². The highest BCUT2D eigenvalue weighted by Gasteiger charge is 2.08. The summed E-state index contributed by atoms with van der Waals surface area (Å²) in [7, 11) is 0. The fourth-order valence-electron chi connectivity index (χ4n) is 1.01. The summed E-state index contributed by atoms with van der Waals surface area (Å²) < 4.78 is 4.52. The molecule has 0 spiro atoms. The Hall–Kier alpha value is -1.93. The fraction of sp³-hybridized carbons (Fsp3) is 0.300. The molecule has 3 N–H and O–H groups in total. The van der Waals surface area contributed by atoms with Crippen LogP contribution in [0, 0.1) is 0 Å². The summed E-state index contributed by atoms with van der Waals surface area (Å²) in [5, 5.41) is 16.5. The van der Waals surface area contributed by atoms with Gasteiger partial charge in [0.1, 0.15) is 13.2 Å². The van der Waals surface area contributed by atoms with Crippen LogP contribution < -0.4 is 10.6 Å². The quantitative estimate of drug-likeness (QED) is 0.685. The molecule has 0 radical (unpaired) electrons. The molecular weight excluding hydrogens is 260 g/mol. The van der Waals surface area contributed by atoms with Crippen LogP contribution in [0.25, 0.3) is 0 Å². The first-order valence-corrected chi connectivity index (χ1v) is 5.90. The van der Waals surface area contributed by atoms with E-state index in [2.05, 4.69) is 10.1 Å². The molecule has 0 saturated heterocycles. The largest absolute Gasteiger partial charge is 0.480 e. The van der Waals surface area contributed by atoms with Crippen LogP contribution in [0.4, 0.5) is 4.79 Å². The van der Waals surface area contributed by atoms with Gasteiger partial charge in [0, 0.05) is 6.54 Å². The molecule has 0 aromatic carbocycles. The van der Waals surface area contributed by atoms with Crippen LogP contribution in [0.5, 0.6) is 0 Å². The van der Waals surface area contributed by atoms with Crippen LogP contribution in [-0.2, 0) is 20.9 Å². The molecule has 8 heteroatoms. The van der Waals surface area contributed by atoms with E-state index in [0.29, 0.717) is 6.54 Å². The third-order valence-corrected chi connectivity index (χ3v) is 2.48. The molecule has 0 aliphatic heterocycles. The van der Waals surface area contributed by atoms with Crippen molar-refractivity contribution in [3.63, 3.8) is 0 Å². The summed E-state index contributed by atoms with van der Waals surface area (Å²) >= 11 is 1.50. The Morgan fingerprint density at radius 3 is 2.72 bits per heavy atom. The molecule has 0 aliphatic rings. The Balaban J connectivity index is 2.15. The number of hydrogen-bond acceptors (Lipinski definition) is 5. The minimum Gasteiger partial charge on any atom is -0.480 e. The van der Waals surface area contributed by atoms with E-state index in [1.807, 2.05) is 22.1 Å². The van der Waals surface area contributed by atoms with Crippen molar-refractivity contribution in [2.24, 2.45) is 0 Å². The maximum absolute atomic E-state index is 11.2. The molecule has 1 heterocycles. The van der Waals surface area contributed by atoms with Crippen LogP contribution in [0.15, 0.2) is 16.8 Å². The number of carbonyl (C=O) groups is 3. The second kappa shape index (κ2) is 7.41. The van der Waals surface area contributed by atoms with Gasteiger partial charge in [0.15, 0.2) is 0 Å². The molecule has 18 heavy (non-hydrogen) atoms. The molecule has 1 aromatic heterocycles. The molecule has 0 saturated carbocycles. The Bertz CT molecular complexity index is 418. The number of thiophene rings is 1. The number of carboxylic acid groups (broad SMARTS) is 1. The molecule has 1 aromatic rings. The average Bonchev–Trinajstić information content (AvgIpc) is 2.78. The number of hydrogen-bond donors (Lipinski definition) is 3. The second-order valence-electron chi connectivity index (χ2n) is 3.25. The Morgan fingerprint density at radius 1 is 1.33 bits per heavy atom. The van der Waals surface area contributed by atoms with Gasteiger partial charge in [-0.05, 0) is 22.4 Å². The smallest absolute Gasteiger partial charge is 0.329 e. The molecule has 3 amide bonds. The van der Waals surface area contributed by atoms with Gasteiger partial charge >= 0.3 is 12.0 Å². The maximum atomic E-state index is 11.2. The summed E-state index contributed by atoms with van der Waals surface area (Å²) in [4.78, 5) is 32.4. The standard InChI is InChI=1S/C10H12N2O5S/c13-8(4-17-5-9(14)15)12-10(16)11-3-7-1-2-18-6-7/h1-2,6H,3-5H2,(H,14,15)(H2,11,12,13,16). The number of carbonyl (C=O) groups excluding carboxylic acids is 2. The number of amides is 3. The van der Waals surface area contributed by atoms with Crippen molar-refractivity contribution in [2.75, 3.05) is 13.2 Å². The highest BCUT2D eigenvalue weighted by molar-refractivity contribution is 7.07. The van der Waals surface area contributed by atoms with Crippen molar-refractivity contribution in [3.8, 4) is 0 Å². The van der Waals surface area contributed by atoms with Crippen LogP contribution in [0.1, 0.15) is 5.56 Å². The molecule has 0 atom stereocenters. The predicted octanol–water partition coefficient (Wildman–Crippen LogP) is 0.175. The summed E-state index contributed by atoms with van der Waals surface area (Å²) in [6, 6.07) is 1.20. The molecular formula is C10H12N2O5S. The van der Waals surface area contributed by atoms with E-state index in [9.17, 15) is 14.4 Å². The maximum Gasteiger partial charge on any atom is 0.329 e. The van der Waals surface area contributed by atoms with Crippen molar-refractivity contribution in [1.29, 1.82) is 0 Å². The summed E-state index contributed by atoms with van der Waals surface area (Å²) in [6.07, 6.45) is 0. The molecule has 1 rings (SSSR count). The highest BCUT2D eigenvalue weighted by Crippen LogP contribution is 2.04. The van der Waals surface area contributed by atoms with Gasteiger partial charge in [0.25, 0.3) is 5.91 Å². The molecule has 0 unspecified atom stereocenters. The van der Waals surface area contributed by atoms with E-state index < -0.39 is 31.1 Å². The Kier molecular flexibility index (Phi) is 5.81. The van der Waals surface area contributed by atoms with Gasteiger partial charge in [0.2, 0.25) is 0 Å². The second-order valence-corrected chi connectivity index (χ2v) is 4.03. The summed E-state index contributed by atoms with van der Waals surface area (Å²) in [5.74, 6) is -1.87. The van der Waals surface area contributed by atoms with Crippen molar-refractivity contribution >= 4 is 29.2 Å². The predicted molar refractivity (Wildman–Crippen MR) is 63.2 cm³/mol. The van der Waals surface area contributed by atoms with Gasteiger partial charge in [-0.1, -0.05) is 0 Å². The fourth-order valence-corrected chi connectivity index (χ4v) is 1.68. The van der Waals surface area contributed by atoms with Gasteiger partial charge in [-0.15, -0.1) is 0 Å². The minimum absolute atomic E-state index is 0.318. The summed E-state index contributed by atoms with van der Waals surface area (Å²) in [5.41, 5.74) is 0.935. The van der Waals surface area contributed by atoms with E-state index in [1.54, 1.807) is 0 Å². The zero-order valence-electron chi connectivity index (χ0n) is 9.34. The number of nitrogens with one attached hydrogen (secondary N) is 2. The van der Waals surface area contributed by atoms with E-state index in [0.717, 1.165) is 5.56 Å². The van der Waals surface area contributed by atoms with Gasteiger partial charge in [-0.3, -0.25) is 10.1 Å². The van der Waals surface area contributed by atoms with Crippen molar-refractivity contribution in [1.82, 2.24) is 10.6 Å². The average molecular weight is 272 g/mol. The van der Waals surface area contributed by atoms with Crippen LogP contribution in [0.2, 0.25) is 0 Å². The molecule has 7 nitrogen and oxygen atoms in total. The lowest BCUT2D eigenvalue weighted by Gasteiger charge is -2.05. The Morgan fingerprint density at radius 2 is 2.11 bits per heavy atom. The van der Waals surface area contributed by atoms with Gasteiger partial charge in [-0.2, -0.15) is 11.3 Å². The molecule has 0 fully saturated rings. The first-order chi connectivity index (χ1) is 8.58. The normalized spacial score (nSPS) is 9.78. The number of urea groups is 1. The van der Waals surface area contributed by atoms with Crippen LogP contribution >= 0.6 is 11.3 Å². The lowest BCUT2D eigenvalue weighted by molar-refractivity contribution is -0.143. The first kappa shape index (κ1) is 14.1. The van der Waals surface area contributed by atoms with E-state index in [4.69, 9.17) is 5.11 Å². The topological polar surface area (TPSA) is 105 Å². The third kappa shape index (κ3) is 5.97. The number of carboxylic acids is 1. The number of ether oxygens (including phenoxy) is 1. The minimum atomic E-state index is -1.18. The lowest BCUT2D eigenvalue weighted by atomic mass is 10.3.